The molecule has 0 unspecified atom stereocenters. The molecule has 0 aromatic heterocycles. The summed E-state index contributed by atoms with van der Waals surface area (Å²) >= 11 is 0. The van der Waals surface area contributed by atoms with Crippen molar-refractivity contribution in [2.24, 2.45) is 0 Å². The quantitative estimate of drug-likeness (QED) is 0.819. The molecular formula is C20H26N3O2+. The molecule has 132 valence electrons. The molecule has 1 fully saturated rings. The van der Waals surface area contributed by atoms with Crippen LogP contribution < -0.4 is 19.9 Å². The summed E-state index contributed by atoms with van der Waals surface area (Å²) in [5.74, 6) is 0.545. The maximum atomic E-state index is 12.3. The van der Waals surface area contributed by atoms with Crippen LogP contribution in [0, 0.1) is 0 Å². The molecule has 0 radical (unpaired) electrons. The van der Waals surface area contributed by atoms with E-state index in [1.165, 1.54) is 10.6 Å². The van der Waals surface area contributed by atoms with Gasteiger partial charge in [-0.2, -0.15) is 0 Å². The van der Waals surface area contributed by atoms with Gasteiger partial charge in [-0.15, -0.1) is 0 Å². The first-order valence-electron chi connectivity index (χ1n) is 8.82. The Hall–Kier alpha value is -2.53. The summed E-state index contributed by atoms with van der Waals surface area (Å²) < 4.78 is 5.25. The predicted molar refractivity (Wildman–Crippen MR) is 99.5 cm³/mol. The van der Waals surface area contributed by atoms with Crippen LogP contribution in [-0.2, 0) is 0 Å². The van der Waals surface area contributed by atoms with Crippen LogP contribution in [0.2, 0.25) is 0 Å². The molecule has 0 bridgehead atoms. The van der Waals surface area contributed by atoms with Crippen molar-refractivity contribution in [1.82, 2.24) is 5.32 Å². The molecule has 25 heavy (non-hydrogen) atoms. The average molecular weight is 340 g/mol. The number of anilines is 1. The number of para-hydroxylation sites is 2. The second-order valence-electron chi connectivity index (χ2n) is 6.28. The minimum atomic E-state index is -0.0697. The Morgan fingerprint density at radius 1 is 1.08 bits per heavy atom. The number of quaternary nitrogens is 1. The largest absolute Gasteiger partial charge is 0.496 e. The molecule has 0 spiro atoms. The Balaban J connectivity index is 1.42. The minimum Gasteiger partial charge on any atom is -0.496 e. The van der Waals surface area contributed by atoms with Crippen LogP contribution in [0.15, 0.2) is 54.6 Å². The van der Waals surface area contributed by atoms with E-state index in [4.69, 9.17) is 4.74 Å². The van der Waals surface area contributed by atoms with Crippen LogP contribution in [0.1, 0.15) is 10.4 Å². The summed E-state index contributed by atoms with van der Waals surface area (Å²) in [4.78, 5) is 16.3. The zero-order chi connectivity index (χ0) is 17.5. The molecule has 2 aromatic rings. The molecule has 3 rings (SSSR count). The molecule has 0 aliphatic carbocycles. The number of ether oxygens (including phenoxy) is 1. The number of nitrogens with zero attached hydrogens (tertiary/aromatic N) is 1. The molecule has 5 nitrogen and oxygen atoms in total. The van der Waals surface area contributed by atoms with E-state index < -0.39 is 0 Å². The third-order valence-corrected chi connectivity index (χ3v) is 4.71. The minimum absolute atomic E-state index is 0.0697. The Morgan fingerprint density at radius 3 is 2.48 bits per heavy atom. The number of carbonyl (C=O) groups excluding carboxylic acids is 1. The molecule has 1 amide bonds. The number of hydrogen-bond donors (Lipinski definition) is 2. The number of hydrogen-bond acceptors (Lipinski definition) is 3. The first kappa shape index (κ1) is 17.3. The van der Waals surface area contributed by atoms with Crippen LogP contribution in [0.3, 0.4) is 0 Å². The second kappa shape index (κ2) is 8.53. The number of carbonyl (C=O) groups is 1. The van der Waals surface area contributed by atoms with Gasteiger partial charge in [0, 0.05) is 5.69 Å². The van der Waals surface area contributed by atoms with Gasteiger partial charge in [-0.1, -0.05) is 30.3 Å². The summed E-state index contributed by atoms with van der Waals surface area (Å²) in [5, 5.41) is 3.01. The van der Waals surface area contributed by atoms with Gasteiger partial charge in [0.2, 0.25) is 0 Å². The van der Waals surface area contributed by atoms with Gasteiger partial charge in [0.25, 0.3) is 5.91 Å². The SMILES string of the molecule is COc1ccccc1C(=O)NCC[NH+]1CCN(c2ccccc2)CC1. The highest BCUT2D eigenvalue weighted by Crippen LogP contribution is 2.16. The van der Waals surface area contributed by atoms with Gasteiger partial charge in [-0.3, -0.25) is 4.79 Å². The molecule has 1 heterocycles. The third-order valence-electron chi connectivity index (χ3n) is 4.71. The fourth-order valence-electron chi connectivity index (χ4n) is 3.25. The fraction of sp³-hybridized carbons (Fsp3) is 0.350. The zero-order valence-electron chi connectivity index (χ0n) is 14.7. The lowest BCUT2D eigenvalue weighted by molar-refractivity contribution is -0.899. The lowest BCUT2D eigenvalue weighted by Gasteiger charge is -2.33. The van der Waals surface area contributed by atoms with Crippen LogP contribution in [0.25, 0.3) is 0 Å². The molecule has 5 heteroatoms. The average Bonchev–Trinajstić information content (AvgIpc) is 2.69. The Bertz CT molecular complexity index is 682. The maximum Gasteiger partial charge on any atom is 0.255 e. The molecule has 0 atom stereocenters. The second-order valence-corrected chi connectivity index (χ2v) is 6.28. The highest BCUT2D eigenvalue weighted by molar-refractivity contribution is 5.96. The third kappa shape index (κ3) is 4.51. The van der Waals surface area contributed by atoms with E-state index in [0.717, 1.165) is 32.7 Å². The number of piperazine rings is 1. The van der Waals surface area contributed by atoms with Gasteiger partial charge >= 0.3 is 0 Å². The van der Waals surface area contributed by atoms with Crippen molar-refractivity contribution in [1.29, 1.82) is 0 Å². The smallest absolute Gasteiger partial charge is 0.255 e. The van der Waals surface area contributed by atoms with E-state index in [1.807, 2.05) is 18.2 Å². The molecule has 1 aliphatic heterocycles. The summed E-state index contributed by atoms with van der Waals surface area (Å²) in [5.41, 5.74) is 1.89. The maximum absolute atomic E-state index is 12.3. The van der Waals surface area contributed by atoms with Gasteiger partial charge in [0.1, 0.15) is 5.75 Å². The van der Waals surface area contributed by atoms with Gasteiger partial charge in [-0.25, -0.2) is 0 Å². The van der Waals surface area contributed by atoms with E-state index in [0.29, 0.717) is 17.9 Å². The standard InChI is InChI=1S/C20H25N3O2/c1-25-19-10-6-5-9-18(19)20(24)21-11-12-22-13-15-23(16-14-22)17-7-3-2-4-8-17/h2-10H,11-16H2,1H3,(H,21,24)/p+1. The molecule has 1 aliphatic rings. The topological polar surface area (TPSA) is 46.0 Å². The lowest BCUT2D eigenvalue weighted by Crippen LogP contribution is -3.15. The van der Waals surface area contributed by atoms with Crippen molar-refractivity contribution >= 4 is 11.6 Å². The Labute approximate surface area is 149 Å². The predicted octanol–water partition coefficient (Wildman–Crippen LogP) is 0.830. The highest BCUT2D eigenvalue weighted by Gasteiger charge is 2.20. The normalized spacial score (nSPS) is 15.0. The van der Waals surface area contributed by atoms with Crippen molar-refractivity contribution in [3.8, 4) is 5.75 Å². The Kier molecular flexibility index (Phi) is 5.90. The fourth-order valence-corrected chi connectivity index (χ4v) is 3.25. The number of methoxy groups -OCH3 is 1. The van der Waals surface area contributed by atoms with E-state index in [-0.39, 0.29) is 5.91 Å². The van der Waals surface area contributed by atoms with Crippen LogP contribution >= 0.6 is 0 Å². The highest BCUT2D eigenvalue weighted by atomic mass is 16.5. The van der Waals surface area contributed by atoms with E-state index in [1.54, 1.807) is 13.2 Å². The summed E-state index contributed by atoms with van der Waals surface area (Å²) in [6.45, 7) is 5.93. The van der Waals surface area contributed by atoms with Gasteiger partial charge < -0.3 is 19.9 Å². The number of amides is 1. The van der Waals surface area contributed by atoms with Gasteiger partial charge in [0.15, 0.2) is 0 Å². The molecule has 1 saturated heterocycles. The number of rotatable bonds is 6. The number of nitrogens with one attached hydrogen (secondary N) is 2. The molecule has 2 N–H and O–H groups in total. The summed E-state index contributed by atoms with van der Waals surface area (Å²) in [6, 6.07) is 17.9. The molecule has 0 saturated carbocycles. The van der Waals surface area contributed by atoms with Gasteiger partial charge in [-0.05, 0) is 24.3 Å². The first-order chi connectivity index (χ1) is 12.3. The van der Waals surface area contributed by atoms with Crippen molar-refractivity contribution in [2.75, 3.05) is 51.3 Å². The van der Waals surface area contributed by atoms with E-state index in [9.17, 15) is 4.79 Å². The Morgan fingerprint density at radius 2 is 1.76 bits per heavy atom. The summed E-state index contributed by atoms with van der Waals surface area (Å²) in [6.07, 6.45) is 0. The van der Waals surface area contributed by atoms with Crippen LogP contribution in [0.4, 0.5) is 5.69 Å². The van der Waals surface area contributed by atoms with Crippen LogP contribution in [0.5, 0.6) is 5.75 Å². The molecular weight excluding hydrogens is 314 g/mol. The van der Waals surface area contributed by atoms with E-state index in [2.05, 4.69) is 40.5 Å². The van der Waals surface area contributed by atoms with Crippen molar-refractivity contribution < 1.29 is 14.4 Å². The monoisotopic (exact) mass is 340 g/mol. The number of benzene rings is 2. The zero-order valence-corrected chi connectivity index (χ0v) is 14.7. The van der Waals surface area contributed by atoms with Crippen molar-refractivity contribution in [2.45, 2.75) is 0 Å². The first-order valence-corrected chi connectivity index (χ1v) is 8.82. The van der Waals surface area contributed by atoms with E-state index >= 15 is 0 Å². The van der Waals surface area contributed by atoms with Crippen molar-refractivity contribution in [3.63, 3.8) is 0 Å². The summed E-state index contributed by atoms with van der Waals surface area (Å²) in [7, 11) is 1.59. The van der Waals surface area contributed by atoms with Crippen LogP contribution in [-0.4, -0.2) is 52.3 Å². The lowest BCUT2D eigenvalue weighted by atomic mass is 10.2. The van der Waals surface area contributed by atoms with Gasteiger partial charge in [0.05, 0.1) is 51.9 Å². The van der Waals surface area contributed by atoms with Crippen molar-refractivity contribution in [3.05, 3.63) is 60.2 Å². The molecule has 2 aromatic carbocycles.